The van der Waals surface area contributed by atoms with Gasteiger partial charge < -0.3 is 28.8 Å². The second-order valence-electron chi connectivity index (χ2n) is 7.27. The van der Waals surface area contributed by atoms with Crippen molar-refractivity contribution in [2.75, 3.05) is 19.8 Å². The Morgan fingerprint density at radius 3 is 2.57 bits per heavy atom. The number of esters is 2. The fraction of sp³-hybridized carbons (Fsp3) is 0.545. The molecule has 8 nitrogen and oxygen atoms in total. The fourth-order valence-corrected chi connectivity index (χ4v) is 2.79. The van der Waals surface area contributed by atoms with Crippen LogP contribution < -0.4 is 4.74 Å². The van der Waals surface area contributed by atoms with Crippen molar-refractivity contribution in [2.24, 2.45) is 0 Å². The number of hydrogen-bond donors (Lipinski definition) is 1. The molecule has 0 radical (unpaired) electrons. The molecule has 1 saturated heterocycles. The maximum absolute atomic E-state index is 11.9. The molecule has 1 N–H and O–H groups in total. The normalized spacial score (nSPS) is 22.2. The van der Waals surface area contributed by atoms with E-state index in [2.05, 4.69) is 13.5 Å². The zero-order valence-electron chi connectivity index (χ0n) is 17.7. The van der Waals surface area contributed by atoms with Crippen molar-refractivity contribution in [1.29, 1.82) is 0 Å². The average Bonchev–Trinajstić information content (AvgIpc) is 2.71. The summed E-state index contributed by atoms with van der Waals surface area (Å²) in [5, 5.41) is 9.68. The number of aliphatic hydroxyl groups excluding tert-OH is 1. The summed E-state index contributed by atoms with van der Waals surface area (Å²) in [7, 11) is 0. The van der Waals surface area contributed by atoms with Crippen LogP contribution in [0, 0.1) is 0 Å². The quantitative estimate of drug-likeness (QED) is 0.349. The maximum Gasteiger partial charge on any atom is 0.337 e. The van der Waals surface area contributed by atoms with E-state index < -0.39 is 24.3 Å². The van der Waals surface area contributed by atoms with E-state index >= 15 is 0 Å². The number of carbonyl (C=O) groups is 2. The number of rotatable bonds is 10. The Morgan fingerprint density at radius 2 is 1.93 bits per heavy atom. The third-order valence-corrected chi connectivity index (χ3v) is 4.39. The zero-order valence-corrected chi connectivity index (χ0v) is 17.7. The van der Waals surface area contributed by atoms with Crippen molar-refractivity contribution in [3.63, 3.8) is 0 Å². The molecule has 1 aliphatic heterocycles. The third kappa shape index (κ3) is 7.87. The van der Waals surface area contributed by atoms with E-state index in [9.17, 15) is 14.7 Å². The summed E-state index contributed by atoms with van der Waals surface area (Å²) >= 11 is 0. The smallest absolute Gasteiger partial charge is 0.337 e. The molecular formula is C22H30O8. The largest absolute Gasteiger partial charge is 0.460 e. The number of benzene rings is 1. The van der Waals surface area contributed by atoms with Crippen LogP contribution in [0.1, 0.15) is 45.5 Å². The van der Waals surface area contributed by atoms with E-state index in [-0.39, 0.29) is 37.6 Å². The lowest BCUT2D eigenvalue weighted by molar-refractivity contribution is -0.243. The van der Waals surface area contributed by atoms with Gasteiger partial charge in [-0.2, -0.15) is 0 Å². The number of ether oxygens (including phenoxy) is 5. The van der Waals surface area contributed by atoms with E-state index in [1.54, 1.807) is 24.3 Å². The molecule has 0 saturated carbocycles. The molecule has 30 heavy (non-hydrogen) atoms. The Balaban J connectivity index is 1.73. The molecule has 8 heteroatoms. The van der Waals surface area contributed by atoms with Crippen molar-refractivity contribution in [3.8, 4) is 5.75 Å². The first-order chi connectivity index (χ1) is 14.3. The average molecular weight is 422 g/mol. The molecule has 2 rings (SSSR count). The summed E-state index contributed by atoms with van der Waals surface area (Å²) < 4.78 is 26.9. The second-order valence-corrected chi connectivity index (χ2v) is 7.27. The highest BCUT2D eigenvalue weighted by Gasteiger charge is 2.27. The minimum Gasteiger partial charge on any atom is -0.460 e. The molecule has 1 aromatic carbocycles. The van der Waals surface area contributed by atoms with Crippen LogP contribution in [0.4, 0.5) is 0 Å². The van der Waals surface area contributed by atoms with Crippen molar-refractivity contribution >= 4 is 11.9 Å². The maximum atomic E-state index is 11.9. The summed E-state index contributed by atoms with van der Waals surface area (Å²) in [6, 6.07) is 6.90. The predicted molar refractivity (Wildman–Crippen MR) is 108 cm³/mol. The topological polar surface area (TPSA) is 101 Å². The molecular weight excluding hydrogens is 392 g/mol. The minimum atomic E-state index is -1.05. The van der Waals surface area contributed by atoms with E-state index in [1.807, 2.05) is 6.92 Å². The van der Waals surface area contributed by atoms with Gasteiger partial charge in [0.15, 0.2) is 6.29 Å². The van der Waals surface area contributed by atoms with Gasteiger partial charge in [-0.3, -0.25) is 0 Å². The highest BCUT2D eigenvalue weighted by molar-refractivity contribution is 5.86. The monoisotopic (exact) mass is 422 g/mol. The first-order valence-electron chi connectivity index (χ1n) is 9.98. The van der Waals surface area contributed by atoms with Crippen LogP contribution in [0.5, 0.6) is 5.75 Å². The number of aliphatic hydroxyl groups is 1. The summed E-state index contributed by atoms with van der Waals surface area (Å²) in [5.74, 6) is -0.849. The van der Waals surface area contributed by atoms with E-state index in [0.717, 1.165) is 18.4 Å². The van der Waals surface area contributed by atoms with E-state index in [1.165, 1.54) is 6.92 Å². The molecule has 0 aliphatic carbocycles. The van der Waals surface area contributed by atoms with Crippen LogP contribution >= 0.6 is 0 Å². The Hall–Kier alpha value is -2.26. The van der Waals surface area contributed by atoms with Gasteiger partial charge in [-0.25, -0.2) is 9.59 Å². The summed E-state index contributed by atoms with van der Waals surface area (Å²) in [5.41, 5.74) is 1.09. The Kier molecular flexibility index (Phi) is 9.45. The lowest BCUT2D eigenvalue weighted by atomic mass is 10.1. The summed E-state index contributed by atoms with van der Waals surface area (Å²) in [4.78, 5) is 23.1. The molecule has 0 bridgehead atoms. The summed E-state index contributed by atoms with van der Waals surface area (Å²) in [6.07, 6.45) is 0.576. The zero-order chi connectivity index (χ0) is 22.1. The van der Waals surface area contributed by atoms with Gasteiger partial charge in [0.25, 0.3) is 0 Å². The summed E-state index contributed by atoms with van der Waals surface area (Å²) in [6.45, 7) is 8.28. The highest BCUT2D eigenvalue weighted by Crippen LogP contribution is 2.31. The van der Waals surface area contributed by atoms with E-state index in [0.29, 0.717) is 5.75 Å². The SMILES string of the molecule is C=C(C)C(=O)OCC(O)COCC(=O)Oc1ccc(C2OC(C)CC(CC)O2)cc1. The van der Waals surface area contributed by atoms with Crippen LogP contribution in [-0.2, 0) is 28.5 Å². The molecule has 0 aromatic heterocycles. The van der Waals surface area contributed by atoms with Crippen molar-refractivity contribution in [1.82, 2.24) is 0 Å². The number of hydrogen-bond acceptors (Lipinski definition) is 8. The van der Waals surface area contributed by atoms with Gasteiger partial charge in [0.2, 0.25) is 0 Å². The first-order valence-corrected chi connectivity index (χ1v) is 9.98. The van der Waals surface area contributed by atoms with Crippen LogP contribution in [0.15, 0.2) is 36.4 Å². The van der Waals surface area contributed by atoms with Gasteiger partial charge in [-0.05, 0) is 38.8 Å². The highest BCUT2D eigenvalue weighted by atomic mass is 16.7. The Bertz CT molecular complexity index is 714. The van der Waals surface area contributed by atoms with Gasteiger partial charge in [0, 0.05) is 11.1 Å². The fourth-order valence-electron chi connectivity index (χ4n) is 2.79. The minimum absolute atomic E-state index is 0.114. The lowest BCUT2D eigenvalue weighted by Crippen LogP contribution is -2.31. The van der Waals surface area contributed by atoms with Crippen molar-refractivity contribution in [2.45, 2.75) is 58.2 Å². The van der Waals surface area contributed by atoms with E-state index in [4.69, 9.17) is 23.7 Å². The third-order valence-electron chi connectivity index (χ3n) is 4.39. The van der Waals surface area contributed by atoms with Crippen LogP contribution in [-0.4, -0.2) is 55.2 Å². The van der Waals surface area contributed by atoms with Gasteiger partial charge in [-0.1, -0.05) is 25.6 Å². The molecule has 1 heterocycles. The molecule has 0 amide bonds. The van der Waals surface area contributed by atoms with Crippen molar-refractivity contribution < 1.29 is 38.4 Å². The first kappa shape index (κ1) is 24.0. The second kappa shape index (κ2) is 11.8. The molecule has 0 spiro atoms. The predicted octanol–water partition coefficient (Wildman–Crippen LogP) is 2.69. The number of carbonyl (C=O) groups excluding carboxylic acids is 2. The van der Waals surface area contributed by atoms with Gasteiger partial charge in [-0.15, -0.1) is 0 Å². The van der Waals surface area contributed by atoms with Crippen LogP contribution in [0.3, 0.4) is 0 Å². The lowest BCUT2D eigenvalue weighted by Gasteiger charge is -2.34. The van der Waals surface area contributed by atoms with Crippen molar-refractivity contribution in [3.05, 3.63) is 42.0 Å². The van der Waals surface area contributed by atoms with Gasteiger partial charge in [0.05, 0.1) is 18.8 Å². The standard InChI is InChI=1S/C22H30O8/c1-5-18-10-15(4)28-22(30-18)16-6-8-19(9-7-16)29-20(24)13-26-11-17(23)12-27-21(25)14(2)3/h6-9,15,17-18,22-23H,2,5,10-13H2,1,3-4H3. The molecule has 1 aromatic rings. The van der Waals surface area contributed by atoms with Gasteiger partial charge in [0.1, 0.15) is 25.1 Å². The molecule has 4 unspecified atom stereocenters. The molecule has 4 atom stereocenters. The molecule has 166 valence electrons. The van der Waals surface area contributed by atoms with Crippen LogP contribution in [0.2, 0.25) is 0 Å². The van der Waals surface area contributed by atoms with Crippen LogP contribution in [0.25, 0.3) is 0 Å². The van der Waals surface area contributed by atoms with Gasteiger partial charge >= 0.3 is 11.9 Å². The Labute approximate surface area is 176 Å². The molecule has 1 aliphatic rings. The Morgan fingerprint density at radius 1 is 1.23 bits per heavy atom. The molecule has 1 fully saturated rings.